The highest BCUT2D eigenvalue weighted by atomic mass is 35.5. The summed E-state index contributed by atoms with van der Waals surface area (Å²) in [5.74, 6) is -1.55. The molecular weight excluding hydrogens is 542 g/mol. The molecule has 0 radical (unpaired) electrons. The molecule has 2 aromatic rings. The number of aromatic amines is 1. The minimum atomic E-state index is -0.878. The average molecular weight is 573 g/mol. The summed E-state index contributed by atoms with van der Waals surface area (Å²) in [5, 5.41) is 20.0. The van der Waals surface area contributed by atoms with Crippen LogP contribution in [0.4, 0.5) is 8.78 Å². The number of hydrogen-bond donors (Lipinski definition) is 3. The van der Waals surface area contributed by atoms with Crippen molar-refractivity contribution in [1.29, 1.82) is 0 Å². The molecular formula is C28H31ClF2N6O3. The van der Waals surface area contributed by atoms with Crippen molar-refractivity contribution in [3.05, 3.63) is 58.2 Å². The van der Waals surface area contributed by atoms with E-state index < -0.39 is 17.5 Å². The molecule has 1 aliphatic carbocycles. The quantitative estimate of drug-likeness (QED) is 0.462. The first kappa shape index (κ1) is 28.1. The molecule has 0 unspecified atom stereocenters. The maximum Gasteiger partial charge on any atom is 0.272 e. The first-order valence-electron chi connectivity index (χ1n) is 13.4. The number of rotatable bonds is 6. The van der Waals surface area contributed by atoms with Gasteiger partial charge in [0.15, 0.2) is 5.82 Å². The van der Waals surface area contributed by atoms with Gasteiger partial charge in [-0.05, 0) is 57.2 Å². The van der Waals surface area contributed by atoms with Gasteiger partial charge in [-0.2, -0.15) is 5.10 Å². The van der Waals surface area contributed by atoms with Crippen LogP contribution in [0.3, 0.4) is 0 Å². The van der Waals surface area contributed by atoms with Crippen molar-refractivity contribution < 1.29 is 23.5 Å². The van der Waals surface area contributed by atoms with Crippen LogP contribution in [0, 0.1) is 11.7 Å². The van der Waals surface area contributed by atoms with Crippen LogP contribution in [0.25, 0.3) is 11.3 Å². The highest BCUT2D eigenvalue weighted by molar-refractivity contribution is 6.30. The number of aliphatic imine (C=N–C) groups is 1. The van der Waals surface area contributed by atoms with Crippen molar-refractivity contribution in [3.63, 3.8) is 0 Å². The number of allylic oxidation sites excluding steroid dienone is 3. The van der Waals surface area contributed by atoms with Crippen LogP contribution in [0.1, 0.15) is 74.2 Å². The second-order valence-electron chi connectivity index (χ2n) is 10.6. The third-order valence-corrected chi connectivity index (χ3v) is 8.12. The molecule has 2 amide bonds. The molecule has 2 atom stereocenters. The number of aliphatic hydroxyl groups excluding tert-OH is 1. The van der Waals surface area contributed by atoms with Gasteiger partial charge in [0.2, 0.25) is 5.91 Å². The second-order valence-corrected chi connectivity index (χ2v) is 11.1. The van der Waals surface area contributed by atoms with Crippen LogP contribution in [0.2, 0.25) is 0 Å². The van der Waals surface area contributed by atoms with Crippen LogP contribution in [-0.2, 0) is 4.79 Å². The number of nitrogens with zero attached hydrogens (tertiary/aromatic N) is 4. The van der Waals surface area contributed by atoms with Gasteiger partial charge in [-0.15, -0.1) is 0 Å². The van der Waals surface area contributed by atoms with E-state index in [1.807, 2.05) is 4.90 Å². The molecule has 0 bridgehead atoms. The Morgan fingerprint density at radius 1 is 1.30 bits per heavy atom. The van der Waals surface area contributed by atoms with E-state index in [0.717, 1.165) is 19.0 Å². The number of aromatic nitrogens is 3. The van der Waals surface area contributed by atoms with Crippen LogP contribution in [0.5, 0.6) is 0 Å². The Balaban J connectivity index is 1.26. The lowest BCUT2D eigenvalue weighted by Crippen LogP contribution is -2.43. The number of aliphatic hydroxyl groups is 1. The fraction of sp³-hybridized carbons (Fsp3) is 0.464. The zero-order chi connectivity index (χ0) is 28.4. The summed E-state index contributed by atoms with van der Waals surface area (Å²) in [5.41, 5.74) is 0.997. The molecule has 0 aromatic carbocycles. The number of hydrogen-bond acceptors (Lipinski definition) is 6. The van der Waals surface area contributed by atoms with Crippen molar-refractivity contribution in [2.45, 2.75) is 63.5 Å². The predicted octanol–water partition coefficient (Wildman–Crippen LogP) is 4.72. The number of nitrogens with one attached hydrogen (secondary N) is 2. The van der Waals surface area contributed by atoms with Crippen LogP contribution >= 0.6 is 11.6 Å². The number of pyridine rings is 1. The Bertz CT molecular complexity index is 1400. The molecule has 9 nitrogen and oxygen atoms in total. The summed E-state index contributed by atoms with van der Waals surface area (Å²) in [6.07, 6.45) is 6.71. The number of carbonyl (C=O) groups is 2. The smallest absolute Gasteiger partial charge is 0.272 e. The van der Waals surface area contributed by atoms with Gasteiger partial charge in [-0.25, -0.2) is 8.78 Å². The molecule has 1 spiro atoms. The summed E-state index contributed by atoms with van der Waals surface area (Å²) in [6.45, 7) is 2.17. The summed E-state index contributed by atoms with van der Waals surface area (Å²) in [6, 6.07) is 2.92. The van der Waals surface area contributed by atoms with Crippen molar-refractivity contribution in [2.75, 3.05) is 13.1 Å². The normalized spacial score (nSPS) is 24.5. The molecule has 1 saturated heterocycles. The fourth-order valence-electron chi connectivity index (χ4n) is 5.33. The molecule has 40 heavy (non-hydrogen) atoms. The lowest BCUT2D eigenvalue weighted by atomic mass is 9.94. The minimum absolute atomic E-state index is 0.0921. The zero-order valence-electron chi connectivity index (χ0n) is 22.1. The number of amides is 2. The van der Waals surface area contributed by atoms with Gasteiger partial charge in [0.05, 0.1) is 35.9 Å². The van der Waals surface area contributed by atoms with Gasteiger partial charge in [-0.3, -0.25) is 24.7 Å². The predicted molar refractivity (Wildman–Crippen MR) is 146 cm³/mol. The molecule has 2 aliphatic heterocycles. The first-order valence-corrected chi connectivity index (χ1v) is 13.8. The first-order chi connectivity index (χ1) is 19.2. The van der Waals surface area contributed by atoms with Gasteiger partial charge in [0.1, 0.15) is 11.5 Å². The van der Waals surface area contributed by atoms with Gasteiger partial charge in [-0.1, -0.05) is 11.6 Å². The molecule has 3 aliphatic rings. The van der Waals surface area contributed by atoms with Gasteiger partial charge < -0.3 is 15.3 Å². The second kappa shape index (κ2) is 11.6. The maximum absolute atomic E-state index is 14.5. The molecule has 3 N–H and O–H groups in total. The lowest BCUT2D eigenvalue weighted by molar-refractivity contribution is -0.125. The summed E-state index contributed by atoms with van der Waals surface area (Å²) in [7, 11) is 0. The van der Waals surface area contributed by atoms with E-state index >= 15 is 0 Å². The molecule has 4 heterocycles. The Labute approximate surface area is 235 Å². The monoisotopic (exact) mass is 572 g/mol. The average Bonchev–Trinajstić information content (AvgIpc) is 3.59. The number of carbonyl (C=O) groups excluding carboxylic acids is 2. The largest absolute Gasteiger partial charge is 0.387 e. The Hall–Kier alpha value is -3.44. The highest BCUT2D eigenvalue weighted by Gasteiger charge is 2.53. The minimum Gasteiger partial charge on any atom is -0.387 e. The molecule has 5 rings (SSSR count). The van der Waals surface area contributed by atoms with Crippen molar-refractivity contribution in [2.24, 2.45) is 10.9 Å². The van der Waals surface area contributed by atoms with Gasteiger partial charge >= 0.3 is 0 Å². The third kappa shape index (κ3) is 6.00. The molecule has 12 heteroatoms. The van der Waals surface area contributed by atoms with Gasteiger partial charge in [0, 0.05) is 47.7 Å². The van der Waals surface area contributed by atoms with E-state index in [0.29, 0.717) is 42.2 Å². The summed E-state index contributed by atoms with van der Waals surface area (Å²) >= 11 is 6.27. The number of halogens is 3. The summed E-state index contributed by atoms with van der Waals surface area (Å²) < 4.78 is 28.0. The molecule has 1 saturated carbocycles. The van der Waals surface area contributed by atoms with E-state index in [1.165, 1.54) is 31.3 Å². The number of likely N-dealkylation sites (tertiary alicyclic amines) is 1. The van der Waals surface area contributed by atoms with E-state index in [-0.39, 0.29) is 59.9 Å². The van der Waals surface area contributed by atoms with Crippen molar-refractivity contribution in [3.8, 4) is 11.3 Å². The van der Waals surface area contributed by atoms with Gasteiger partial charge in [0.25, 0.3) is 5.91 Å². The third-order valence-electron chi connectivity index (χ3n) is 7.74. The zero-order valence-corrected chi connectivity index (χ0v) is 22.8. The van der Waals surface area contributed by atoms with E-state index in [4.69, 9.17) is 11.6 Å². The number of H-pyrrole nitrogens is 1. The fourth-order valence-corrected chi connectivity index (χ4v) is 5.52. The highest BCUT2D eigenvalue weighted by Crippen LogP contribution is 2.49. The van der Waals surface area contributed by atoms with Crippen LogP contribution < -0.4 is 5.32 Å². The Kier molecular flexibility index (Phi) is 8.14. The van der Waals surface area contributed by atoms with E-state index in [9.17, 15) is 23.5 Å². The molecule has 2 fully saturated rings. The SMILES string of the molecule is C[C@@H](O)c1cc(-c2cc(C(=O)N3CCC[C@H](C(=O)NC/C4=C(\Cl)C/C=C(/F)CC=N4)CC34CC4)[nH]n2)c(F)cn1. The summed E-state index contributed by atoms with van der Waals surface area (Å²) in [4.78, 5) is 36.7. The maximum atomic E-state index is 14.5. The Morgan fingerprint density at radius 3 is 2.85 bits per heavy atom. The molecule has 212 valence electrons. The standard InChI is InChI=1S/C28H31ClF2N6O3/c1-16(38)22-11-19(21(31)14-33-22)23-12-24(36-35-23)27(40)37-10-2-3-17(13-28(37)7-8-28)26(39)34-15-25-20(29)5-4-18(30)6-9-32-25/h4,9,11-12,14,16-17,38H,2-3,5-8,10,13,15H2,1H3,(H,34,39)(H,35,36)/b18-4+,25-20+,32-9?/t16-,17+/m1/s1. The van der Waals surface area contributed by atoms with Crippen LogP contribution in [0.15, 0.2) is 46.0 Å². The van der Waals surface area contributed by atoms with Crippen LogP contribution in [-0.4, -0.2) is 61.8 Å². The van der Waals surface area contributed by atoms with Crippen molar-refractivity contribution >= 4 is 29.6 Å². The topological polar surface area (TPSA) is 124 Å². The van der Waals surface area contributed by atoms with E-state index in [2.05, 4.69) is 25.5 Å². The van der Waals surface area contributed by atoms with E-state index in [1.54, 1.807) is 0 Å². The lowest BCUT2D eigenvalue weighted by Gasteiger charge is -2.30. The van der Waals surface area contributed by atoms with Crippen molar-refractivity contribution in [1.82, 2.24) is 25.4 Å². The Morgan fingerprint density at radius 2 is 2.10 bits per heavy atom. The molecule has 2 aromatic heterocycles.